The van der Waals surface area contributed by atoms with E-state index in [0.29, 0.717) is 5.25 Å². The van der Waals surface area contributed by atoms with Gasteiger partial charge in [0, 0.05) is 28.8 Å². The average molecular weight is 422 g/mol. The molecule has 0 N–H and O–H groups in total. The van der Waals surface area contributed by atoms with Gasteiger partial charge in [0.05, 0.1) is 27.0 Å². The van der Waals surface area contributed by atoms with Gasteiger partial charge in [0.2, 0.25) is 0 Å². The smallest absolute Gasteiger partial charge is 0.165 e. The minimum Gasteiger partial charge on any atom is -0.497 e. The topological polar surface area (TPSA) is 30.9 Å². The SMILES string of the molecule is COc1cccc(C2CCN(Cc3cccc(OC)c3OC)c3ccccc3S2)c1. The number of benzene rings is 3. The number of hydrogen-bond acceptors (Lipinski definition) is 5. The largest absolute Gasteiger partial charge is 0.497 e. The molecule has 0 spiro atoms. The molecule has 0 radical (unpaired) electrons. The van der Waals surface area contributed by atoms with Crippen molar-refractivity contribution in [1.82, 2.24) is 0 Å². The number of ether oxygens (including phenoxy) is 3. The van der Waals surface area contributed by atoms with E-state index in [1.165, 1.54) is 16.1 Å². The highest BCUT2D eigenvalue weighted by Gasteiger charge is 2.24. The lowest BCUT2D eigenvalue weighted by atomic mass is 10.1. The third kappa shape index (κ3) is 4.21. The van der Waals surface area contributed by atoms with Gasteiger partial charge >= 0.3 is 0 Å². The number of para-hydroxylation sites is 2. The zero-order valence-corrected chi connectivity index (χ0v) is 18.4. The van der Waals surface area contributed by atoms with Crippen molar-refractivity contribution in [2.45, 2.75) is 23.1 Å². The Labute approximate surface area is 182 Å². The molecule has 3 aromatic carbocycles. The van der Waals surface area contributed by atoms with Gasteiger partial charge in [-0.05, 0) is 42.3 Å². The predicted octanol–water partition coefficient (Wildman–Crippen LogP) is 5.96. The molecule has 0 aliphatic carbocycles. The van der Waals surface area contributed by atoms with E-state index < -0.39 is 0 Å². The van der Waals surface area contributed by atoms with Crippen LogP contribution in [0.4, 0.5) is 5.69 Å². The van der Waals surface area contributed by atoms with Crippen LogP contribution < -0.4 is 19.1 Å². The molecule has 1 atom stereocenters. The van der Waals surface area contributed by atoms with Crippen LogP contribution in [0.15, 0.2) is 71.6 Å². The Morgan fingerprint density at radius 3 is 2.53 bits per heavy atom. The van der Waals surface area contributed by atoms with E-state index in [0.717, 1.165) is 42.3 Å². The molecule has 0 saturated heterocycles. The summed E-state index contributed by atoms with van der Waals surface area (Å²) in [5.41, 5.74) is 3.68. The van der Waals surface area contributed by atoms with Gasteiger partial charge in [-0.3, -0.25) is 0 Å². The van der Waals surface area contributed by atoms with Crippen LogP contribution in [0.1, 0.15) is 22.8 Å². The summed E-state index contributed by atoms with van der Waals surface area (Å²) in [6.45, 7) is 1.72. The van der Waals surface area contributed by atoms with E-state index in [-0.39, 0.29) is 0 Å². The Kier molecular flexibility index (Phi) is 6.38. The lowest BCUT2D eigenvalue weighted by Crippen LogP contribution is -2.24. The summed E-state index contributed by atoms with van der Waals surface area (Å²) in [4.78, 5) is 3.74. The zero-order chi connectivity index (χ0) is 20.9. The van der Waals surface area contributed by atoms with Gasteiger partial charge in [-0.2, -0.15) is 0 Å². The molecular formula is C25H27NO3S. The zero-order valence-electron chi connectivity index (χ0n) is 17.6. The fourth-order valence-electron chi connectivity index (χ4n) is 3.95. The van der Waals surface area contributed by atoms with Crippen molar-refractivity contribution in [2.75, 3.05) is 32.8 Å². The van der Waals surface area contributed by atoms with Crippen molar-refractivity contribution in [1.29, 1.82) is 0 Å². The number of anilines is 1. The number of thioether (sulfide) groups is 1. The predicted molar refractivity (Wildman–Crippen MR) is 123 cm³/mol. The van der Waals surface area contributed by atoms with Crippen LogP contribution in [0.3, 0.4) is 0 Å². The lowest BCUT2D eigenvalue weighted by Gasteiger charge is -2.26. The van der Waals surface area contributed by atoms with E-state index in [4.69, 9.17) is 14.2 Å². The number of rotatable bonds is 6. The Morgan fingerprint density at radius 2 is 1.73 bits per heavy atom. The molecule has 1 heterocycles. The summed E-state index contributed by atoms with van der Waals surface area (Å²) in [5.74, 6) is 2.48. The molecule has 0 amide bonds. The van der Waals surface area contributed by atoms with Crippen molar-refractivity contribution in [3.8, 4) is 17.2 Å². The van der Waals surface area contributed by atoms with E-state index in [1.54, 1.807) is 21.3 Å². The van der Waals surface area contributed by atoms with Gasteiger partial charge in [0.15, 0.2) is 11.5 Å². The fraction of sp³-hybridized carbons (Fsp3) is 0.280. The molecule has 3 aromatic rings. The van der Waals surface area contributed by atoms with Gasteiger partial charge in [0.1, 0.15) is 5.75 Å². The van der Waals surface area contributed by atoms with Crippen molar-refractivity contribution >= 4 is 17.4 Å². The number of nitrogens with zero attached hydrogens (tertiary/aromatic N) is 1. The molecule has 30 heavy (non-hydrogen) atoms. The second-order valence-corrected chi connectivity index (χ2v) is 8.46. The van der Waals surface area contributed by atoms with Crippen LogP contribution in [0, 0.1) is 0 Å². The monoisotopic (exact) mass is 421 g/mol. The van der Waals surface area contributed by atoms with Crippen LogP contribution in [0.25, 0.3) is 0 Å². The summed E-state index contributed by atoms with van der Waals surface area (Å²) < 4.78 is 16.6. The van der Waals surface area contributed by atoms with E-state index in [1.807, 2.05) is 30.0 Å². The third-order valence-electron chi connectivity index (χ3n) is 5.45. The first kappa shape index (κ1) is 20.5. The van der Waals surface area contributed by atoms with Crippen molar-refractivity contribution in [3.05, 3.63) is 77.9 Å². The number of fused-ring (bicyclic) bond motifs is 1. The van der Waals surface area contributed by atoms with Gasteiger partial charge in [-0.25, -0.2) is 0 Å². The molecule has 4 nitrogen and oxygen atoms in total. The van der Waals surface area contributed by atoms with Crippen molar-refractivity contribution in [3.63, 3.8) is 0 Å². The maximum atomic E-state index is 5.67. The van der Waals surface area contributed by atoms with E-state index in [2.05, 4.69) is 53.4 Å². The Balaban J connectivity index is 1.65. The van der Waals surface area contributed by atoms with Crippen LogP contribution >= 0.6 is 11.8 Å². The van der Waals surface area contributed by atoms with Gasteiger partial charge in [0.25, 0.3) is 0 Å². The highest BCUT2D eigenvalue weighted by atomic mass is 32.2. The summed E-state index contributed by atoms with van der Waals surface area (Å²) >= 11 is 1.93. The van der Waals surface area contributed by atoms with Gasteiger partial charge in [-0.15, -0.1) is 11.8 Å². The van der Waals surface area contributed by atoms with Crippen molar-refractivity contribution < 1.29 is 14.2 Å². The van der Waals surface area contributed by atoms with E-state index >= 15 is 0 Å². The highest BCUT2D eigenvalue weighted by Crippen LogP contribution is 2.46. The van der Waals surface area contributed by atoms with Crippen LogP contribution in [0.2, 0.25) is 0 Å². The fourth-order valence-corrected chi connectivity index (χ4v) is 5.24. The van der Waals surface area contributed by atoms with E-state index in [9.17, 15) is 0 Å². The van der Waals surface area contributed by atoms with Gasteiger partial charge < -0.3 is 19.1 Å². The minimum absolute atomic E-state index is 0.374. The van der Waals surface area contributed by atoms with Crippen LogP contribution in [0.5, 0.6) is 17.2 Å². The Bertz CT molecular complexity index is 1010. The highest BCUT2D eigenvalue weighted by molar-refractivity contribution is 7.99. The molecule has 1 unspecified atom stereocenters. The third-order valence-corrected chi connectivity index (χ3v) is 6.84. The van der Waals surface area contributed by atoms with Crippen molar-refractivity contribution in [2.24, 2.45) is 0 Å². The molecular weight excluding hydrogens is 394 g/mol. The second-order valence-electron chi connectivity index (χ2n) is 7.21. The molecule has 4 rings (SSSR count). The first-order valence-electron chi connectivity index (χ1n) is 10.1. The molecule has 1 aliphatic heterocycles. The molecule has 156 valence electrons. The number of methoxy groups -OCH3 is 3. The Hall–Kier alpha value is -2.79. The van der Waals surface area contributed by atoms with Crippen LogP contribution in [-0.4, -0.2) is 27.9 Å². The molecule has 0 fully saturated rings. The number of hydrogen-bond donors (Lipinski definition) is 0. The summed E-state index contributed by atoms with van der Waals surface area (Å²) in [5, 5.41) is 0.374. The quantitative estimate of drug-likeness (QED) is 0.490. The normalized spacial score (nSPS) is 15.8. The van der Waals surface area contributed by atoms with Crippen LogP contribution in [-0.2, 0) is 6.54 Å². The van der Waals surface area contributed by atoms with Gasteiger partial charge in [-0.1, -0.05) is 36.4 Å². The first-order chi connectivity index (χ1) is 14.7. The standard InChI is InChI=1S/C25H27NO3S/c1-27-20-10-6-8-18(16-20)23-14-15-26(21-11-4-5-13-24(21)30-23)17-19-9-7-12-22(28-2)25(19)29-3/h4-13,16,23H,14-15,17H2,1-3H3. The lowest BCUT2D eigenvalue weighted by molar-refractivity contribution is 0.351. The molecule has 5 heteroatoms. The average Bonchev–Trinajstić information content (AvgIpc) is 2.98. The minimum atomic E-state index is 0.374. The maximum absolute atomic E-state index is 5.67. The molecule has 1 aliphatic rings. The summed E-state index contributed by atoms with van der Waals surface area (Å²) in [7, 11) is 5.10. The molecule has 0 saturated carbocycles. The first-order valence-corrected chi connectivity index (χ1v) is 11.0. The summed E-state index contributed by atoms with van der Waals surface area (Å²) in [6, 6.07) is 23.2. The summed E-state index contributed by atoms with van der Waals surface area (Å²) in [6.07, 6.45) is 1.04. The Morgan fingerprint density at radius 1 is 0.900 bits per heavy atom. The molecule has 0 bridgehead atoms. The maximum Gasteiger partial charge on any atom is 0.165 e. The second kappa shape index (κ2) is 9.35. The molecule has 0 aromatic heterocycles.